The van der Waals surface area contributed by atoms with Gasteiger partial charge in [-0.25, -0.2) is 4.98 Å². The number of imidazole rings is 1. The van der Waals surface area contributed by atoms with Crippen molar-refractivity contribution >= 4 is 5.91 Å². The molecule has 1 amide bonds. The molecular weight excluding hydrogens is 342 g/mol. The fourth-order valence-electron chi connectivity index (χ4n) is 2.87. The normalized spacial score (nSPS) is 10.5. The van der Waals surface area contributed by atoms with Crippen molar-refractivity contribution in [3.63, 3.8) is 0 Å². The van der Waals surface area contributed by atoms with Gasteiger partial charge in [0, 0.05) is 37.1 Å². The van der Waals surface area contributed by atoms with Crippen molar-refractivity contribution in [2.75, 3.05) is 14.2 Å². The summed E-state index contributed by atoms with van der Waals surface area (Å²) in [6.07, 6.45) is 4.62. The molecule has 0 aliphatic rings. The smallest absolute Gasteiger partial charge is 0.255 e. The first kappa shape index (κ1) is 18.5. The Kier molecular flexibility index (Phi) is 5.76. The average Bonchev–Trinajstić information content (AvgIpc) is 3.20. The molecule has 27 heavy (non-hydrogen) atoms. The SMILES string of the molecule is CCc1nccn1-c1ccc(CNC(=O)c2ccc(OC)cc2OC)cc1. The molecule has 3 rings (SSSR count). The Morgan fingerprint density at radius 1 is 1.11 bits per heavy atom. The lowest BCUT2D eigenvalue weighted by Crippen LogP contribution is -2.23. The van der Waals surface area contributed by atoms with Crippen LogP contribution in [0.25, 0.3) is 5.69 Å². The molecule has 0 saturated heterocycles. The highest BCUT2D eigenvalue weighted by molar-refractivity contribution is 5.97. The highest BCUT2D eigenvalue weighted by Crippen LogP contribution is 2.24. The molecule has 0 fully saturated rings. The maximum Gasteiger partial charge on any atom is 0.255 e. The Morgan fingerprint density at radius 3 is 2.56 bits per heavy atom. The minimum atomic E-state index is -0.193. The van der Waals surface area contributed by atoms with Crippen molar-refractivity contribution < 1.29 is 14.3 Å². The summed E-state index contributed by atoms with van der Waals surface area (Å²) in [4.78, 5) is 16.8. The van der Waals surface area contributed by atoms with E-state index >= 15 is 0 Å². The van der Waals surface area contributed by atoms with E-state index in [1.807, 2.05) is 30.5 Å². The number of benzene rings is 2. The van der Waals surface area contributed by atoms with E-state index in [2.05, 4.69) is 21.8 Å². The van der Waals surface area contributed by atoms with E-state index in [-0.39, 0.29) is 5.91 Å². The molecule has 0 saturated carbocycles. The Morgan fingerprint density at radius 2 is 1.89 bits per heavy atom. The van der Waals surface area contributed by atoms with Crippen LogP contribution in [0.3, 0.4) is 0 Å². The number of hydrogen-bond acceptors (Lipinski definition) is 4. The summed E-state index contributed by atoms with van der Waals surface area (Å²) >= 11 is 0. The molecule has 140 valence electrons. The third-order valence-corrected chi connectivity index (χ3v) is 4.35. The zero-order valence-electron chi connectivity index (χ0n) is 15.7. The second kappa shape index (κ2) is 8.40. The molecule has 1 N–H and O–H groups in total. The number of aryl methyl sites for hydroxylation is 1. The molecule has 0 unspecified atom stereocenters. The Labute approximate surface area is 158 Å². The number of methoxy groups -OCH3 is 2. The van der Waals surface area contributed by atoms with Crippen LogP contribution >= 0.6 is 0 Å². The summed E-state index contributed by atoms with van der Waals surface area (Å²) in [5.74, 6) is 1.95. The second-order valence-corrected chi connectivity index (χ2v) is 5.98. The van der Waals surface area contributed by atoms with Crippen LogP contribution in [0.5, 0.6) is 11.5 Å². The van der Waals surface area contributed by atoms with Crippen LogP contribution in [-0.4, -0.2) is 29.7 Å². The summed E-state index contributed by atoms with van der Waals surface area (Å²) in [5.41, 5.74) is 2.54. The summed E-state index contributed by atoms with van der Waals surface area (Å²) in [7, 11) is 3.11. The minimum Gasteiger partial charge on any atom is -0.497 e. The quantitative estimate of drug-likeness (QED) is 0.697. The molecule has 6 nitrogen and oxygen atoms in total. The zero-order chi connectivity index (χ0) is 19.2. The van der Waals surface area contributed by atoms with Gasteiger partial charge >= 0.3 is 0 Å². The number of hydrogen-bond donors (Lipinski definition) is 1. The molecule has 0 bridgehead atoms. The summed E-state index contributed by atoms with van der Waals surface area (Å²) in [5, 5.41) is 2.93. The minimum absolute atomic E-state index is 0.193. The van der Waals surface area contributed by atoms with Crippen LogP contribution in [0, 0.1) is 0 Å². The van der Waals surface area contributed by atoms with Gasteiger partial charge in [0.05, 0.1) is 19.8 Å². The summed E-state index contributed by atoms with van der Waals surface area (Å²) in [6.45, 7) is 2.51. The molecule has 6 heteroatoms. The Balaban J connectivity index is 1.67. The number of nitrogens with one attached hydrogen (secondary N) is 1. The van der Waals surface area contributed by atoms with Gasteiger partial charge in [-0.1, -0.05) is 19.1 Å². The van der Waals surface area contributed by atoms with Gasteiger partial charge in [-0.15, -0.1) is 0 Å². The van der Waals surface area contributed by atoms with Crippen LogP contribution in [-0.2, 0) is 13.0 Å². The number of nitrogens with zero attached hydrogens (tertiary/aromatic N) is 2. The van der Waals surface area contributed by atoms with E-state index < -0.39 is 0 Å². The third kappa shape index (κ3) is 4.11. The largest absolute Gasteiger partial charge is 0.497 e. The van der Waals surface area contributed by atoms with E-state index in [1.54, 1.807) is 31.5 Å². The van der Waals surface area contributed by atoms with Crippen LogP contribution < -0.4 is 14.8 Å². The fourth-order valence-corrected chi connectivity index (χ4v) is 2.87. The van der Waals surface area contributed by atoms with Crippen molar-refractivity contribution in [2.24, 2.45) is 0 Å². The molecule has 0 atom stereocenters. The number of amides is 1. The summed E-state index contributed by atoms with van der Waals surface area (Å²) < 4.78 is 12.5. The Bertz CT molecular complexity index is 917. The molecule has 0 spiro atoms. The van der Waals surface area contributed by atoms with Gasteiger partial charge in [-0.3, -0.25) is 4.79 Å². The van der Waals surface area contributed by atoms with Gasteiger partial charge in [0.1, 0.15) is 17.3 Å². The molecule has 0 radical (unpaired) electrons. The highest BCUT2D eigenvalue weighted by atomic mass is 16.5. The van der Waals surface area contributed by atoms with Gasteiger partial charge in [0.15, 0.2) is 0 Å². The standard InChI is InChI=1S/C21H23N3O3/c1-4-20-22-11-12-24(20)16-7-5-15(6-8-16)14-23-21(25)18-10-9-17(26-2)13-19(18)27-3/h5-13H,4,14H2,1-3H3,(H,23,25). The highest BCUT2D eigenvalue weighted by Gasteiger charge is 2.13. The van der Waals surface area contributed by atoms with Crippen molar-refractivity contribution in [1.29, 1.82) is 0 Å². The van der Waals surface area contributed by atoms with E-state index in [0.29, 0.717) is 23.6 Å². The third-order valence-electron chi connectivity index (χ3n) is 4.35. The first-order valence-electron chi connectivity index (χ1n) is 8.78. The summed E-state index contributed by atoms with van der Waals surface area (Å²) in [6, 6.07) is 13.2. The predicted octanol–water partition coefficient (Wildman–Crippen LogP) is 3.38. The van der Waals surface area contributed by atoms with Gasteiger partial charge in [-0.05, 0) is 29.8 Å². The van der Waals surface area contributed by atoms with E-state index in [4.69, 9.17) is 9.47 Å². The maximum atomic E-state index is 12.5. The first-order chi connectivity index (χ1) is 13.2. The zero-order valence-corrected chi connectivity index (χ0v) is 15.7. The van der Waals surface area contributed by atoms with Crippen LogP contribution in [0.1, 0.15) is 28.7 Å². The lowest BCUT2D eigenvalue weighted by Gasteiger charge is -2.11. The monoisotopic (exact) mass is 365 g/mol. The maximum absolute atomic E-state index is 12.5. The van der Waals surface area contributed by atoms with Crippen LogP contribution in [0.4, 0.5) is 0 Å². The second-order valence-electron chi connectivity index (χ2n) is 5.98. The van der Waals surface area contributed by atoms with E-state index in [1.165, 1.54) is 7.11 Å². The van der Waals surface area contributed by atoms with Crippen LogP contribution in [0.2, 0.25) is 0 Å². The van der Waals surface area contributed by atoms with Crippen molar-refractivity contribution in [1.82, 2.24) is 14.9 Å². The van der Waals surface area contributed by atoms with Gasteiger partial charge in [0.2, 0.25) is 0 Å². The fraction of sp³-hybridized carbons (Fsp3) is 0.238. The molecular formula is C21H23N3O3. The van der Waals surface area contributed by atoms with Gasteiger partial charge in [-0.2, -0.15) is 0 Å². The number of ether oxygens (including phenoxy) is 2. The van der Waals surface area contributed by atoms with Crippen molar-refractivity contribution in [3.05, 3.63) is 71.8 Å². The van der Waals surface area contributed by atoms with Gasteiger partial charge in [0.25, 0.3) is 5.91 Å². The topological polar surface area (TPSA) is 65.4 Å². The van der Waals surface area contributed by atoms with E-state index in [0.717, 1.165) is 23.5 Å². The number of aromatic nitrogens is 2. The lowest BCUT2D eigenvalue weighted by atomic mass is 10.1. The first-order valence-corrected chi connectivity index (χ1v) is 8.78. The van der Waals surface area contributed by atoms with Crippen LogP contribution in [0.15, 0.2) is 54.9 Å². The van der Waals surface area contributed by atoms with Gasteiger partial charge < -0.3 is 19.4 Å². The Hall–Kier alpha value is -3.28. The lowest BCUT2D eigenvalue weighted by molar-refractivity contribution is 0.0948. The average molecular weight is 365 g/mol. The molecule has 0 aliphatic heterocycles. The molecule has 2 aromatic carbocycles. The number of rotatable bonds is 7. The van der Waals surface area contributed by atoms with E-state index in [9.17, 15) is 4.79 Å². The molecule has 1 aromatic heterocycles. The molecule has 1 heterocycles. The van der Waals surface area contributed by atoms with Crippen molar-refractivity contribution in [2.45, 2.75) is 19.9 Å². The number of carbonyl (C=O) groups is 1. The molecule has 0 aliphatic carbocycles. The number of carbonyl (C=O) groups excluding carboxylic acids is 1. The van der Waals surface area contributed by atoms with Crippen molar-refractivity contribution in [3.8, 4) is 17.2 Å². The molecule has 3 aromatic rings. The predicted molar refractivity (Wildman–Crippen MR) is 104 cm³/mol.